The first kappa shape index (κ1) is 10.8. The molecule has 2 fully saturated rings. The van der Waals surface area contributed by atoms with Crippen molar-refractivity contribution in [1.29, 1.82) is 0 Å². The van der Waals surface area contributed by atoms with Crippen LogP contribution in [0.25, 0.3) is 0 Å². The summed E-state index contributed by atoms with van der Waals surface area (Å²) in [5.74, 6) is 1.40. The molecule has 0 aromatic heterocycles. The van der Waals surface area contributed by atoms with E-state index in [4.69, 9.17) is 4.74 Å². The summed E-state index contributed by atoms with van der Waals surface area (Å²) in [6.07, 6.45) is -0.148. The van der Waals surface area contributed by atoms with E-state index in [1.165, 1.54) is 0 Å². The van der Waals surface area contributed by atoms with Crippen molar-refractivity contribution in [3.8, 4) is 0 Å². The van der Waals surface area contributed by atoms with Crippen molar-refractivity contribution >= 4 is 6.09 Å². The van der Waals surface area contributed by atoms with Gasteiger partial charge in [-0.1, -0.05) is 13.8 Å². The van der Waals surface area contributed by atoms with Gasteiger partial charge in [0.25, 0.3) is 0 Å². The van der Waals surface area contributed by atoms with Crippen LogP contribution in [0.2, 0.25) is 0 Å². The average molecular weight is 211 g/mol. The summed E-state index contributed by atoms with van der Waals surface area (Å²) in [5.41, 5.74) is 0.0812. The van der Waals surface area contributed by atoms with Crippen LogP contribution in [0.1, 0.15) is 34.6 Å². The van der Waals surface area contributed by atoms with Gasteiger partial charge >= 0.3 is 6.09 Å². The second kappa shape index (κ2) is 2.89. The molecule has 3 nitrogen and oxygen atoms in total. The lowest BCUT2D eigenvalue weighted by atomic mass is 10.1. The number of rotatable bonds is 0. The first-order valence-corrected chi connectivity index (χ1v) is 5.70. The Hall–Kier alpha value is -0.730. The summed E-state index contributed by atoms with van der Waals surface area (Å²) >= 11 is 0. The van der Waals surface area contributed by atoms with Gasteiger partial charge in [-0.25, -0.2) is 4.79 Å². The number of likely N-dealkylation sites (tertiary alicyclic amines) is 1. The molecule has 86 valence electrons. The largest absolute Gasteiger partial charge is 0.444 e. The van der Waals surface area contributed by atoms with Crippen molar-refractivity contribution in [3.05, 3.63) is 0 Å². The number of hydrogen-bond donors (Lipinski definition) is 0. The van der Waals surface area contributed by atoms with Crippen molar-refractivity contribution in [2.45, 2.75) is 40.2 Å². The number of fused-ring (bicyclic) bond motifs is 1. The number of amides is 1. The number of nitrogens with zero attached hydrogens (tertiary/aromatic N) is 1. The van der Waals surface area contributed by atoms with Gasteiger partial charge in [0.15, 0.2) is 0 Å². The second-order valence-electron chi connectivity index (χ2n) is 6.42. The molecule has 1 saturated carbocycles. The Morgan fingerprint density at radius 2 is 1.73 bits per heavy atom. The van der Waals surface area contributed by atoms with Crippen molar-refractivity contribution < 1.29 is 9.53 Å². The molecule has 0 radical (unpaired) electrons. The van der Waals surface area contributed by atoms with Gasteiger partial charge in [0.2, 0.25) is 0 Å². The van der Waals surface area contributed by atoms with Gasteiger partial charge in [-0.3, -0.25) is 0 Å². The maximum absolute atomic E-state index is 11.7. The lowest BCUT2D eigenvalue weighted by Gasteiger charge is -2.26. The number of carbonyl (C=O) groups is 1. The van der Waals surface area contributed by atoms with Crippen molar-refractivity contribution in [2.24, 2.45) is 17.3 Å². The predicted molar refractivity (Wildman–Crippen MR) is 58.6 cm³/mol. The van der Waals surface area contributed by atoms with Crippen LogP contribution in [-0.4, -0.2) is 29.7 Å². The Morgan fingerprint density at radius 3 is 2.13 bits per heavy atom. The van der Waals surface area contributed by atoms with E-state index in [9.17, 15) is 4.79 Å². The summed E-state index contributed by atoms with van der Waals surface area (Å²) in [4.78, 5) is 13.6. The zero-order valence-electron chi connectivity index (χ0n) is 10.3. The van der Waals surface area contributed by atoms with Crippen LogP contribution in [0.5, 0.6) is 0 Å². The fraction of sp³-hybridized carbons (Fsp3) is 0.917. The second-order valence-corrected chi connectivity index (χ2v) is 6.42. The van der Waals surface area contributed by atoms with Gasteiger partial charge in [-0.05, 0) is 38.0 Å². The van der Waals surface area contributed by atoms with Gasteiger partial charge in [0.1, 0.15) is 5.60 Å². The molecule has 0 aromatic carbocycles. The number of carbonyl (C=O) groups excluding carboxylic acids is 1. The zero-order valence-corrected chi connectivity index (χ0v) is 10.3. The molecule has 0 spiro atoms. The van der Waals surface area contributed by atoms with Gasteiger partial charge in [-0.2, -0.15) is 0 Å². The number of piperidine rings is 1. The predicted octanol–water partition coefficient (Wildman–Crippen LogP) is 2.51. The topological polar surface area (TPSA) is 29.5 Å². The molecule has 1 aliphatic heterocycles. The molecule has 1 aliphatic carbocycles. The standard InChI is InChI=1S/C12H21NO2/c1-11(2,3)15-10(14)13-6-8-9(7-13)12(8,4)5/h8-9H,6-7H2,1-5H3/t8-,9+. The van der Waals surface area contributed by atoms with E-state index in [0.717, 1.165) is 13.1 Å². The van der Waals surface area contributed by atoms with E-state index < -0.39 is 0 Å². The van der Waals surface area contributed by atoms with Gasteiger partial charge in [0.05, 0.1) is 0 Å². The zero-order chi connectivity index (χ0) is 11.4. The molecule has 1 heterocycles. The summed E-state index contributed by atoms with van der Waals surface area (Å²) in [5, 5.41) is 0. The van der Waals surface area contributed by atoms with Crippen molar-refractivity contribution in [3.63, 3.8) is 0 Å². The van der Waals surface area contributed by atoms with E-state index in [2.05, 4.69) is 13.8 Å². The molecule has 0 N–H and O–H groups in total. The summed E-state index contributed by atoms with van der Waals surface area (Å²) in [7, 11) is 0. The fourth-order valence-corrected chi connectivity index (χ4v) is 2.61. The van der Waals surface area contributed by atoms with E-state index in [1.807, 2.05) is 25.7 Å². The van der Waals surface area contributed by atoms with Crippen LogP contribution in [0.3, 0.4) is 0 Å². The van der Waals surface area contributed by atoms with Crippen LogP contribution in [0.4, 0.5) is 4.79 Å². The minimum atomic E-state index is -0.376. The van der Waals surface area contributed by atoms with Gasteiger partial charge in [-0.15, -0.1) is 0 Å². The molecule has 0 aromatic rings. The summed E-state index contributed by atoms with van der Waals surface area (Å²) in [6, 6.07) is 0. The third-order valence-corrected chi connectivity index (χ3v) is 3.77. The molecule has 15 heavy (non-hydrogen) atoms. The maximum atomic E-state index is 11.7. The van der Waals surface area contributed by atoms with E-state index >= 15 is 0 Å². The summed E-state index contributed by atoms with van der Waals surface area (Å²) < 4.78 is 5.35. The minimum absolute atomic E-state index is 0.148. The minimum Gasteiger partial charge on any atom is -0.444 e. The Balaban J connectivity index is 1.87. The van der Waals surface area contributed by atoms with Crippen molar-refractivity contribution in [2.75, 3.05) is 13.1 Å². The Labute approximate surface area is 91.8 Å². The monoisotopic (exact) mass is 211 g/mol. The quantitative estimate of drug-likeness (QED) is 0.616. The Morgan fingerprint density at radius 1 is 1.27 bits per heavy atom. The first-order valence-electron chi connectivity index (χ1n) is 5.70. The molecule has 1 amide bonds. The molecule has 1 saturated heterocycles. The van der Waals surface area contributed by atoms with Crippen LogP contribution >= 0.6 is 0 Å². The highest BCUT2D eigenvalue weighted by molar-refractivity contribution is 5.69. The lowest BCUT2D eigenvalue weighted by Crippen LogP contribution is -2.37. The first-order chi connectivity index (χ1) is 6.72. The highest BCUT2D eigenvalue weighted by Gasteiger charge is 2.63. The van der Waals surface area contributed by atoms with E-state index in [-0.39, 0.29) is 11.7 Å². The fourth-order valence-electron chi connectivity index (χ4n) is 2.61. The van der Waals surface area contributed by atoms with Crippen LogP contribution in [0.15, 0.2) is 0 Å². The molecule has 3 heteroatoms. The van der Waals surface area contributed by atoms with Crippen LogP contribution in [0, 0.1) is 17.3 Å². The number of ether oxygens (including phenoxy) is 1. The maximum Gasteiger partial charge on any atom is 0.410 e. The normalized spacial score (nSPS) is 32.5. The molecule has 2 atom stereocenters. The molecule has 0 bridgehead atoms. The van der Waals surface area contributed by atoms with E-state index in [1.54, 1.807) is 0 Å². The Bertz CT molecular complexity index is 276. The molecule has 0 unspecified atom stereocenters. The molecular weight excluding hydrogens is 190 g/mol. The van der Waals surface area contributed by atoms with Gasteiger partial charge < -0.3 is 9.64 Å². The third kappa shape index (κ3) is 1.84. The molecule has 2 aliphatic rings. The highest BCUT2D eigenvalue weighted by atomic mass is 16.6. The van der Waals surface area contributed by atoms with Crippen LogP contribution in [-0.2, 0) is 4.74 Å². The summed E-state index contributed by atoms with van der Waals surface area (Å²) in [6.45, 7) is 12.1. The smallest absolute Gasteiger partial charge is 0.410 e. The molecular formula is C12H21NO2. The van der Waals surface area contributed by atoms with E-state index in [0.29, 0.717) is 17.3 Å². The average Bonchev–Trinajstić information content (AvgIpc) is 2.47. The highest BCUT2D eigenvalue weighted by Crippen LogP contribution is 2.61. The van der Waals surface area contributed by atoms with Crippen molar-refractivity contribution in [1.82, 2.24) is 4.90 Å². The van der Waals surface area contributed by atoms with Gasteiger partial charge in [0, 0.05) is 13.1 Å². The lowest BCUT2D eigenvalue weighted by molar-refractivity contribution is 0.0255. The number of hydrogen-bond acceptors (Lipinski definition) is 2. The SMILES string of the molecule is CC(C)(C)OC(=O)N1C[C@@H]2[C@H](C1)C2(C)C. The Kier molecular flexibility index (Phi) is 2.08. The third-order valence-electron chi connectivity index (χ3n) is 3.77. The molecule has 2 rings (SSSR count). The van der Waals surface area contributed by atoms with Crippen LogP contribution < -0.4 is 0 Å².